The Morgan fingerprint density at radius 1 is 0.891 bits per heavy atom. The molecule has 6 rings (SSSR count). The molecule has 0 amide bonds. The number of rotatable bonds is 7. The van der Waals surface area contributed by atoms with Crippen LogP contribution in [0.4, 0.5) is 0 Å². The van der Waals surface area contributed by atoms with E-state index in [1.165, 1.54) is 27.8 Å². The van der Waals surface area contributed by atoms with Crippen molar-refractivity contribution in [1.82, 2.24) is 0 Å². The van der Waals surface area contributed by atoms with Gasteiger partial charge >= 0.3 is 0 Å². The number of hydrogen-bond donors (Lipinski definition) is 3. The van der Waals surface area contributed by atoms with Crippen molar-refractivity contribution in [2.24, 2.45) is 0 Å². The number of benzene rings is 4. The Morgan fingerprint density at radius 3 is 2.30 bits per heavy atom. The lowest BCUT2D eigenvalue weighted by Gasteiger charge is -2.26. The van der Waals surface area contributed by atoms with Gasteiger partial charge in [-0.25, -0.2) is 0 Å². The maximum Gasteiger partial charge on any atom is 0.164 e. The first-order valence-electron chi connectivity index (χ1n) is 16.8. The van der Waals surface area contributed by atoms with Crippen LogP contribution in [0, 0.1) is 0 Å². The van der Waals surface area contributed by atoms with Crippen LogP contribution < -0.4 is 16.4 Å². The number of phenolic OH excluding ortho intramolecular Hbond substituents is 3. The summed E-state index contributed by atoms with van der Waals surface area (Å²) >= 11 is 0. The zero-order valence-electron chi connectivity index (χ0n) is 28.1. The molecule has 2 aliphatic rings. The molecule has 0 saturated heterocycles. The number of phenols is 3. The van der Waals surface area contributed by atoms with Crippen molar-refractivity contribution < 1.29 is 15.3 Å². The maximum absolute atomic E-state index is 11.8. The molecule has 0 fully saturated rings. The highest BCUT2D eigenvalue weighted by Gasteiger charge is 2.30. The Hall–Kier alpha value is -4.31. The Labute approximate surface area is 276 Å². The molecule has 2 aliphatic carbocycles. The smallest absolute Gasteiger partial charge is 0.164 e. The summed E-state index contributed by atoms with van der Waals surface area (Å²) in [6, 6.07) is 19.5. The van der Waals surface area contributed by atoms with E-state index < -0.39 is 0 Å². The second-order valence-corrected chi connectivity index (χ2v) is 13.2. The number of aromatic hydroxyl groups is 3. The maximum atomic E-state index is 11.8. The van der Waals surface area contributed by atoms with Crippen LogP contribution in [0.5, 0.6) is 17.2 Å². The van der Waals surface area contributed by atoms with Gasteiger partial charge in [0, 0.05) is 17.0 Å². The van der Waals surface area contributed by atoms with Gasteiger partial charge in [-0.3, -0.25) is 0 Å². The normalized spacial score (nSPS) is 15.7. The third-order valence-corrected chi connectivity index (χ3v) is 10.6. The molecule has 1 atom stereocenters. The highest BCUT2D eigenvalue weighted by molar-refractivity contribution is 6.51. The van der Waals surface area contributed by atoms with Crippen molar-refractivity contribution in [3.05, 3.63) is 111 Å². The van der Waals surface area contributed by atoms with E-state index in [4.69, 9.17) is 6.58 Å². The van der Waals surface area contributed by atoms with Gasteiger partial charge in [0.1, 0.15) is 29.3 Å². The van der Waals surface area contributed by atoms with Gasteiger partial charge in [-0.1, -0.05) is 97.8 Å². The van der Waals surface area contributed by atoms with E-state index in [9.17, 15) is 15.3 Å². The number of allylic oxidation sites excluding steroid dienone is 4. The fourth-order valence-corrected chi connectivity index (χ4v) is 8.10. The van der Waals surface area contributed by atoms with Crippen LogP contribution in [0.25, 0.3) is 28.3 Å². The minimum Gasteiger partial charge on any atom is -0.508 e. The summed E-state index contributed by atoms with van der Waals surface area (Å²) < 4.78 is 0. The molecule has 3 N–H and O–H groups in total. The Balaban J connectivity index is 1.49. The summed E-state index contributed by atoms with van der Waals surface area (Å²) in [6.07, 6.45) is 7.09. The standard InChI is InChI=1S/C40H43B3O3/c1-5-11-24-20-33(41)35(40(46)38(24)44)25-18-31-32(19-25)36(42)37(43)39(45)34(31)22(4)26(6-2)21(3)27-17-16-23-12-7-8-13-28(23)30-15-10-9-14-29(27)30/h7-10,12-15,18,20,27,44-46H,3,5-6,11,16-17,19,41-43H2,1-2,4H3/b26-22+. The Kier molecular flexibility index (Phi) is 8.59. The number of hydrogen-bond acceptors (Lipinski definition) is 3. The van der Waals surface area contributed by atoms with Gasteiger partial charge in [-0.05, 0) is 106 Å². The third-order valence-electron chi connectivity index (χ3n) is 10.6. The molecule has 1 unspecified atom stereocenters. The van der Waals surface area contributed by atoms with Crippen molar-refractivity contribution in [2.75, 3.05) is 0 Å². The minimum absolute atomic E-state index is 0.0262. The molecular weight excluding hydrogens is 561 g/mol. The zero-order chi connectivity index (χ0) is 32.9. The van der Waals surface area contributed by atoms with Crippen LogP contribution in [-0.2, 0) is 19.3 Å². The van der Waals surface area contributed by atoms with Gasteiger partial charge in [0.05, 0.1) is 0 Å². The molecular formula is C40H43B3O3. The van der Waals surface area contributed by atoms with E-state index in [2.05, 4.69) is 83.2 Å². The summed E-state index contributed by atoms with van der Waals surface area (Å²) in [6.45, 7) is 11.1. The van der Waals surface area contributed by atoms with Crippen LogP contribution in [0.2, 0.25) is 0 Å². The first kappa shape index (κ1) is 31.7. The quantitative estimate of drug-likeness (QED) is 0.162. The molecule has 6 heteroatoms. The second kappa shape index (κ2) is 12.5. The van der Waals surface area contributed by atoms with Crippen LogP contribution in [0.3, 0.4) is 0 Å². The minimum atomic E-state index is -0.0504. The van der Waals surface area contributed by atoms with Crippen LogP contribution in [0.15, 0.2) is 72.3 Å². The molecule has 4 aromatic rings. The third kappa shape index (κ3) is 5.12. The van der Waals surface area contributed by atoms with Crippen molar-refractivity contribution in [3.8, 4) is 28.4 Å². The highest BCUT2D eigenvalue weighted by Crippen LogP contribution is 2.47. The van der Waals surface area contributed by atoms with Gasteiger partial charge in [0.25, 0.3) is 0 Å². The SMILES string of the molecule is Bc1cc(CCC)c(O)c(O)c1C1=Cc2c(c(B)c(B)c(O)c2/C(C)=C(\CC)C(=C)C2CCc3ccccc3-c3ccccc32)C1. The van der Waals surface area contributed by atoms with Crippen LogP contribution >= 0.6 is 0 Å². The first-order valence-corrected chi connectivity index (χ1v) is 16.8. The van der Waals surface area contributed by atoms with Crippen molar-refractivity contribution in [2.45, 2.75) is 65.2 Å². The molecule has 0 aromatic heterocycles. The van der Waals surface area contributed by atoms with Gasteiger partial charge in [0.2, 0.25) is 0 Å². The largest absolute Gasteiger partial charge is 0.508 e. The molecule has 0 saturated carbocycles. The summed E-state index contributed by atoms with van der Waals surface area (Å²) in [5.41, 5.74) is 16.9. The van der Waals surface area contributed by atoms with E-state index in [0.29, 0.717) is 24.2 Å². The monoisotopic (exact) mass is 604 g/mol. The average Bonchev–Trinajstić information content (AvgIpc) is 3.40. The predicted octanol–water partition coefficient (Wildman–Crippen LogP) is 4.76. The van der Waals surface area contributed by atoms with Crippen LogP contribution in [0.1, 0.15) is 84.9 Å². The van der Waals surface area contributed by atoms with Gasteiger partial charge in [-0.15, -0.1) is 0 Å². The predicted molar refractivity (Wildman–Crippen MR) is 203 cm³/mol. The van der Waals surface area contributed by atoms with E-state index in [-0.39, 0.29) is 17.4 Å². The lowest BCUT2D eigenvalue weighted by atomic mass is 9.72. The van der Waals surface area contributed by atoms with E-state index in [1.54, 1.807) is 0 Å². The van der Waals surface area contributed by atoms with Crippen LogP contribution in [-0.4, -0.2) is 38.9 Å². The molecule has 0 spiro atoms. The molecule has 0 heterocycles. The average molecular weight is 604 g/mol. The highest BCUT2D eigenvalue weighted by atomic mass is 16.3. The van der Waals surface area contributed by atoms with E-state index in [0.717, 1.165) is 81.0 Å². The topological polar surface area (TPSA) is 60.7 Å². The molecule has 230 valence electrons. The Morgan fingerprint density at radius 2 is 1.59 bits per heavy atom. The van der Waals surface area contributed by atoms with Crippen molar-refractivity contribution >= 4 is 57.1 Å². The molecule has 0 radical (unpaired) electrons. The summed E-state index contributed by atoms with van der Waals surface area (Å²) in [7, 11) is 6.07. The molecule has 3 nitrogen and oxygen atoms in total. The van der Waals surface area contributed by atoms with Gasteiger partial charge in [0.15, 0.2) is 11.5 Å². The lowest BCUT2D eigenvalue weighted by molar-refractivity contribution is 0.398. The van der Waals surface area contributed by atoms with Gasteiger partial charge < -0.3 is 15.3 Å². The summed E-state index contributed by atoms with van der Waals surface area (Å²) in [5.74, 6) is 0.388. The molecule has 4 aromatic carbocycles. The fraction of sp³-hybridized carbons (Fsp3) is 0.250. The fourth-order valence-electron chi connectivity index (χ4n) is 8.10. The molecule has 0 aliphatic heterocycles. The Bertz CT molecular complexity index is 1970. The van der Waals surface area contributed by atoms with Gasteiger partial charge in [-0.2, -0.15) is 0 Å². The number of aryl methyl sites for hydroxylation is 2. The van der Waals surface area contributed by atoms with Crippen molar-refractivity contribution in [1.29, 1.82) is 0 Å². The molecule has 0 bridgehead atoms. The lowest BCUT2D eigenvalue weighted by Crippen LogP contribution is -2.31. The van der Waals surface area contributed by atoms with E-state index >= 15 is 0 Å². The van der Waals surface area contributed by atoms with Crippen molar-refractivity contribution in [3.63, 3.8) is 0 Å². The zero-order valence-corrected chi connectivity index (χ0v) is 28.1. The number of fused-ring (bicyclic) bond motifs is 4. The summed E-state index contributed by atoms with van der Waals surface area (Å²) in [4.78, 5) is 0. The first-order chi connectivity index (χ1) is 22.1. The molecule has 46 heavy (non-hydrogen) atoms. The van der Waals surface area contributed by atoms with E-state index in [1.807, 2.05) is 21.8 Å². The summed E-state index contributed by atoms with van der Waals surface area (Å²) in [5, 5.41) is 33.9. The second-order valence-electron chi connectivity index (χ2n) is 13.2.